The molecule has 4 nitrogen and oxygen atoms in total. The molecule has 1 amide bonds. The van der Waals surface area contributed by atoms with Crippen molar-refractivity contribution in [3.63, 3.8) is 0 Å². The fourth-order valence-electron chi connectivity index (χ4n) is 2.63. The van der Waals surface area contributed by atoms with Crippen LogP contribution < -0.4 is 0 Å². The second-order valence-electron chi connectivity index (χ2n) is 6.36. The molecule has 1 heterocycles. The van der Waals surface area contributed by atoms with Crippen LogP contribution >= 0.6 is 11.3 Å². The van der Waals surface area contributed by atoms with E-state index in [-0.39, 0.29) is 16.6 Å². The fraction of sp³-hybridized carbons (Fsp3) is 0.150. The largest absolute Gasteiger partial charge is 0.344 e. The summed E-state index contributed by atoms with van der Waals surface area (Å²) in [5.41, 5.74) is 2.38. The molecule has 0 aliphatic heterocycles. The van der Waals surface area contributed by atoms with Crippen LogP contribution in [0.5, 0.6) is 0 Å². The van der Waals surface area contributed by atoms with Crippen molar-refractivity contribution in [1.29, 1.82) is 0 Å². The number of thiophene rings is 1. The molecule has 0 unspecified atom stereocenters. The van der Waals surface area contributed by atoms with Crippen LogP contribution in [-0.2, 0) is 9.84 Å². The lowest BCUT2D eigenvalue weighted by atomic mass is 10.0. The van der Waals surface area contributed by atoms with Crippen molar-refractivity contribution in [2.24, 2.45) is 0 Å². The second kappa shape index (κ2) is 7.25. The number of amides is 1. The van der Waals surface area contributed by atoms with Gasteiger partial charge in [0.05, 0.1) is 9.77 Å². The molecule has 0 atom stereocenters. The highest BCUT2D eigenvalue weighted by Gasteiger charge is 2.19. The van der Waals surface area contributed by atoms with Gasteiger partial charge in [-0.25, -0.2) is 12.8 Å². The zero-order chi connectivity index (χ0) is 19.8. The molecule has 1 aromatic heterocycles. The van der Waals surface area contributed by atoms with Gasteiger partial charge < -0.3 is 4.90 Å². The van der Waals surface area contributed by atoms with Crippen LogP contribution in [0.2, 0.25) is 0 Å². The van der Waals surface area contributed by atoms with Crippen molar-refractivity contribution in [2.75, 3.05) is 20.4 Å². The third-order valence-corrected chi connectivity index (χ3v) is 6.35. The minimum atomic E-state index is -3.29. The molecule has 0 aliphatic carbocycles. The molecule has 140 valence electrons. The molecule has 3 rings (SSSR count). The lowest BCUT2D eigenvalue weighted by Crippen LogP contribution is -2.20. The summed E-state index contributed by atoms with van der Waals surface area (Å²) in [4.78, 5) is 15.5. The highest BCUT2D eigenvalue weighted by molar-refractivity contribution is 7.90. The average molecular weight is 404 g/mol. The van der Waals surface area contributed by atoms with Gasteiger partial charge in [-0.15, -0.1) is 11.3 Å². The Balaban J connectivity index is 2.15. The van der Waals surface area contributed by atoms with Gasteiger partial charge in [0.1, 0.15) is 5.82 Å². The molecular weight excluding hydrogens is 385 g/mol. The first-order chi connectivity index (χ1) is 12.7. The molecule has 0 saturated carbocycles. The van der Waals surface area contributed by atoms with Crippen LogP contribution in [0.3, 0.4) is 0 Å². The van der Waals surface area contributed by atoms with Crippen LogP contribution in [0.4, 0.5) is 4.39 Å². The molecular formula is C20H18FNO3S2. The Morgan fingerprint density at radius 3 is 2.04 bits per heavy atom. The molecule has 27 heavy (non-hydrogen) atoms. The Bertz CT molecular complexity index is 1080. The lowest BCUT2D eigenvalue weighted by molar-refractivity contribution is 0.0832. The average Bonchev–Trinajstić information content (AvgIpc) is 3.06. The molecule has 0 fully saturated rings. The zero-order valence-corrected chi connectivity index (χ0v) is 16.7. The maximum absolute atomic E-state index is 13.3. The molecule has 0 bridgehead atoms. The molecule has 7 heteroatoms. The van der Waals surface area contributed by atoms with E-state index >= 15 is 0 Å². The number of carbonyl (C=O) groups excluding carboxylic acids is 1. The number of hydrogen-bond donors (Lipinski definition) is 0. The SMILES string of the molecule is CN(C)C(=O)c1cc(-c2ccc(F)cc2)c(-c2ccc(S(C)(=O)=O)cc2)s1. The summed E-state index contributed by atoms with van der Waals surface area (Å²) >= 11 is 1.33. The lowest BCUT2D eigenvalue weighted by Gasteiger charge is -2.07. The summed E-state index contributed by atoms with van der Waals surface area (Å²) in [5, 5.41) is 0. The molecule has 0 saturated heterocycles. The Kier molecular flexibility index (Phi) is 5.17. The minimum absolute atomic E-state index is 0.123. The van der Waals surface area contributed by atoms with E-state index in [0.29, 0.717) is 4.88 Å². The summed E-state index contributed by atoms with van der Waals surface area (Å²) in [5.74, 6) is -0.458. The van der Waals surface area contributed by atoms with E-state index < -0.39 is 9.84 Å². The van der Waals surface area contributed by atoms with Crippen LogP contribution in [0.1, 0.15) is 9.67 Å². The smallest absolute Gasteiger partial charge is 0.263 e. The van der Waals surface area contributed by atoms with Gasteiger partial charge in [-0.2, -0.15) is 0 Å². The van der Waals surface area contributed by atoms with Crippen molar-refractivity contribution in [3.8, 4) is 21.6 Å². The minimum Gasteiger partial charge on any atom is -0.344 e. The first-order valence-electron chi connectivity index (χ1n) is 8.09. The third-order valence-electron chi connectivity index (χ3n) is 4.05. The van der Waals surface area contributed by atoms with E-state index in [2.05, 4.69) is 0 Å². The van der Waals surface area contributed by atoms with E-state index in [1.165, 1.54) is 28.4 Å². The van der Waals surface area contributed by atoms with Crippen LogP contribution in [0.15, 0.2) is 59.5 Å². The maximum atomic E-state index is 13.3. The molecule has 0 N–H and O–H groups in total. The van der Waals surface area contributed by atoms with E-state index in [9.17, 15) is 17.6 Å². The van der Waals surface area contributed by atoms with Gasteiger partial charge in [-0.05, 0) is 41.5 Å². The van der Waals surface area contributed by atoms with Gasteiger partial charge in [0.25, 0.3) is 5.91 Å². The quantitative estimate of drug-likeness (QED) is 0.652. The topological polar surface area (TPSA) is 54.5 Å². The summed E-state index contributed by atoms with van der Waals surface area (Å²) in [7, 11) is 0.0742. The summed E-state index contributed by atoms with van der Waals surface area (Å²) in [6, 6.07) is 14.4. The predicted octanol–water partition coefficient (Wildman–Crippen LogP) is 4.33. The van der Waals surface area contributed by atoms with E-state index in [1.54, 1.807) is 56.6 Å². The maximum Gasteiger partial charge on any atom is 0.263 e. The number of rotatable bonds is 4. The molecule has 0 spiro atoms. The normalized spacial score (nSPS) is 11.4. The number of sulfone groups is 1. The van der Waals surface area contributed by atoms with Gasteiger partial charge in [0.2, 0.25) is 0 Å². The molecule has 3 aromatic rings. The van der Waals surface area contributed by atoms with Gasteiger partial charge >= 0.3 is 0 Å². The van der Waals surface area contributed by atoms with Crippen molar-refractivity contribution in [3.05, 3.63) is 65.3 Å². The van der Waals surface area contributed by atoms with Crippen LogP contribution in [0, 0.1) is 5.82 Å². The monoisotopic (exact) mass is 403 g/mol. The van der Waals surface area contributed by atoms with Gasteiger partial charge in [-0.1, -0.05) is 24.3 Å². The molecule has 0 aliphatic rings. The third kappa shape index (κ3) is 4.09. The Morgan fingerprint density at radius 2 is 1.52 bits per heavy atom. The Labute approximate surface area is 161 Å². The zero-order valence-electron chi connectivity index (χ0n) is 15.1. The highest BCUT2D eigenvalue weighted by Crippen LogP contribution is 2.40. The van der Waals surface area contributed by atoms with Crippen LogP contribution in [0.25, 0.3) is 21.6 Å². The number of nitrogens with zero attached hydrogens (tertiary/aromatic N) is 1. The summed E-state index contributed by atoms with van der Waals surface area (Å²) in [6.45, 7) is 0. The van der Waals surface area contributed by atoms with Crippen LogP contribution in [-0.4, -0.2) is 39.6 Å². The number of hydrogen-bond acceptors (Lipinski definition) is 4. The number of benzene rings is 2. The standard InChI is InChI=1S/C20H18FNO3S2/c1-22(2)20(23)18-12-17(13-4-8-15(21)9-5-13)19(26-18)14-6-10-16(11-7-14)27(3,24)25/h4-12H,1-3H3. The summed E-state index contributed by atoms with van der Waals surface area (Å²) in [6.07, 6.45) is 1.16. The number of halogens is 1. The fourth-order valence-corrected chi connectivity index (χ4v) is 4.47. The molecule has 2 aromatic carbocycles. The van der Waals surface area contributed by atoms with Crippen molar-refractivity contribution >= 4 is 27.1 Å². The summed E-state index contributed by atoms with van der Waals surface area (Å²) < 4.78 is 36.7. The Hall–Kier alpha value is -2.51. The highest BCUT2D eigenvalue weighted by atomic mass is 32.2. The predicted molar refractivity (Wildman–Crippen MR) is 106 cm³/mol. The van der Waals surface area contributed by atoms with Gasteiger partial charge in [0, 0.05) is 30.8 Å². The van der Waals surface area contributed by atoms with Gasteiger partial charge in [0.15, 0.2) is 9.84 Å². The second-order valence-corrected chi connectivity index (χ2v) is 9.42. The van der Waals surface area contributed by atoms with Crippen molar-refractivity contribution < 1.29 is 17.6 Å². The first kappa shape index (κ1) is 19.3. The first-order valence-corrected chi connectivity index (χ1v) is 10.8. The van der Waals surface area contributed by atoms with Gasteiger partial charge in [-0.3, -0.25) is 4.79 Å². The van der Waals surface area contributed by atoms with Crippen molar-refractivity contribution in [1.82, 2.24) is 4.90 Å². The Morgan fingerprint density at radius 1 is 0.963 bits per heavy atom. The number of carbonyl (C=O) groups is 1. The van der Waals surface area contributed by atoms with Crippen molar-refractivity contribution in [2.45, 2.75) is 4.90 Å². The van der Waals surface area contributed by atoms with E-state index in [0.717, 1.165) is 27.8 Å². The van der Waals surface area contributed by atoms with E-state index in [4.69, 9.17) is 0 Å². The van der Waals surface area contributed by atoms with E-state index in [1.807, 2.05) is 0 Å². The molecule has 0 radical (unpaired) electrons.